The molecule has 0 radical (unpaired) electrons. The van der Waals surface area contributed by atoms with Gasteiger partial charge >= 0.3 is 0 Å². The minimum atomic E-state index is -1.05. The summed E-state index contributed by atoms with van der Waals surface area (Å²) in [6, 6.07) is 5.01. The highest BCUT2D eigenvalue weighted by atomic mass is 19.1. The molecule has 98 valence electrons. The molecule has 1 unspecified atom stereocenters. The van der Waals surface area contributed by atoms with E-state index < -0.39 is 6.17 Å². The van der Waals surface area contributed by atoms with Crippen LogP contribution in [0.25, 0.3) is 0 Å². The van der Waals surface area contributed by atoms with Crippen molar-refractivity contribution in [3.8, 4) is 0 Å². The van der Waals surface area contributed by atoms with E-state index in [1.807, 2.05) is 6.92 Å². The van der Waals surface area contributed by atoms with Gasteiger partial charge in [0.25, 0.3) is 5.91 Å². The molecular formula is C13H16F2N2O. The Morgan fingerprint density at radius 2 is 2.06 bits per heavy atom. The first-order valence-corrected chi connectivity index (χ1v) is 6.04. The van der Waals surface area contributed by atoms with Crippen LogP contribution in [0, 0.1) is 5.82 Å². The molecule has 0 aromatic heterocycles. The number of amides is 1. The van der Waals surface area contributed by atoms with Crippen LogP contribution >= 0.6 is 0 Å². The Labute approximate surface area is 105 Å². The van der Waals surface area contributed by atoms with E-state index in [-0.39, 0.29) is 24.3 Å². The molecule has 1 N–H and O–H groups in total. The topological polar surface area (TPSA) is 32.3 Å². The fourth-order valence-corrected chi connectivity index (χ4v) is 2.16. The summed E-state index contributed by atoms with van der Waals surface area (Å²) in [5.41, 5.74) is 0.390. The van der Waals surface area contributed by atoms with E-state index in [1.165, 1.54) is 29.2 Å². The number of hydrogen-bond acceptors (Lipinski definition) is 2. The molecule has 1 aliphatic heterocycles. The summed E-state index contributed by atoms with van der Waals surface area (Å²) in [6.45, 7) is 3.01. The van der Waals surface area contributed by atoms with E-state index in [0.29, 0.717) is 18.7 Å². The average molecular weight is 254 g/mol. The van der Waals surface area contributed by atoms with Crippen molar-refractivity contribution >= 4 is 5.91 Å². The van der Waals surface area contributed by atoms with Gasteiger partial charge < -0.3 is 10.2 Å². The molecule has 1 aliphatic rings. The monoisotopic (exact) mass is 254 g/mol. The number of likely N-dealkylation sites (N-methyl/N-ethyl adjacent to an activating group) is 1. The molecule has 3 nitrogen and oxygen atoms in total. The zero-order valence-electron chi connectivity index (χ0n) is 10.2. The van der Waals surface area contributed by atoms with Crippen molar-refractivity contribution in [2.24, 2.45) is 0 Å². The smallest absolute Gasteiger partial charge is 0.254 e. The number of nitrogens with one attached hydrogen (secondary N) is 1. The Morgan fingerprint density at radius 3 is 2.67 bits per heavy atom. The molecule has 0 spiro atoms. The van der Waals surface area contributed by atoms with Crippen LogP contribution in [-0.4, -0.2) is 42.7 Å². The third kappa shape index (κ3) is 2.67. The minimum absolute atomic E-state index is 0.0911. The van der Waals surface area contributed by atoms with Crippen molar-refractivity contribution in [3.05, 3.63) is 35.6 Å². The number of halogens is 2. The maximum Gasteiger partial charge on any atom is 0.254 e. The Bertz CT molecular complexity index is 422. The Morgan fingerprint density at radius 1 is 1.39 bits per heavy atom. The van der Waals surface area contributed by atoms with E-state index in [4.69, 9.17) is 0 Å². The fraction of sp³-hybridized carbons (Fsp3) is 0.462. The normalized spacial score (nSPS) is 23.4. The van der Waals surface area contributed by atoms with Crippen molar-refractivity contribution in [2.75, 3.05) is 19.6 Å². The molecule has 1 fully saturated rings. The minimum Gasteiger partial charge on any atom is -0.334 e. The first-order valence-electron chi connectivity index (χ1n) is 6.04. The predicted octanol–water partition coefficient (Wildman–Crippen LogP) is 1.60. The lowest BCUT2D eigenvalue weighted by Crippen LogP contribution is -2.37. The molecule has 1 aromatic carbocycles. The first-order chi connectivity index (χ1) is 8.61. The zero-order chi connectivity index (χ0) is 13.1. The molecule has 2 rings (SSSR count). The second kappa shape index (κ2) is 5.44. The number of carbonyl (C=O) groups is 1. The molecule has 1 heterocycles. The van der Waals surface area contributed by atoms with Gasteiger partial charge in [-0.2, -0.15) is 0 Å². The third-order valence-electron chi connectivity index (χ3n) is 3.09. The van der Waals surface area contributed by atoms with Gasteiger partial charge in [0.1, 0.15) is 12.0 Å². The second-order valence-corrected chi connectivity index (χ2v) is 4.40. The van der Waals surface area contributed by atoms with Gasteiger partial charge in [-0.25, -0.2) is 8.78 Å². The van der Waals surface area contributed by atoms with E-state index in [0.717, 1.165) is 0 Å². The van der Waals surface area contributed by atoms with Crippen molar-refractivity contribution in [1.29, 1.82) is 0 Å². The van der Waals surface area contributed by atoms with Gasteiger partial charge in [0, 0.05) is 12.1 Å². The van der Waals surface area contributed by atoms with Gasteiger partial charge in [0.05, 0.1) is 12.6 Å². The van der Waals surface area contributed by atoms with Crippen LogP contribution in [-0.2, 0) is 0 Å². The third-order valence-corrected chi connectivity index (χ3v) is 3.09. The quantitative estimate of drug-likeness (QED) is 0.888. The molecule has 2 atom stereocenters. The summed E-state index contributed by atoms with van der Waals surface area (Å²) in [5, 5.41) is 3.01. The summed E-state index contributed by atoms with van der Waals surface area (Å²) < 4.78 is 26.4. The van der Waals surface area contributed by atoms with Crippen LogP contribution in [0.1, 0.15) is 17.3 Å². The number of likely N-dealkylation sites (tertiary alicyclic amines) is 1. The van der Waals surface area contributed by atoms with Gasteiger partial charge in [0.2, 0.25) is 0 Å². The highest BCUT2D eigenvalue weighted by molar-refractivity contribution is 5.94. The average Bonchev–Trinajstić information content (AvgIpc) is 2.72. The van der Waals surface area contributed by atoms with E-state index in [1.54, 1.807) is 0 Å². The second-order valence-electron chi connectivity index (χ2n) is 4.40. The number of carbonyl (C=O) groups excluding carboxylic acids is 1. The summed E-state index contributed by atoms with van der Waals surface area (Å²) in [6.07, 6.45) is -1.05. The van der Waals surface area contributed by atoms with Crippen molar-refractivity contribution in [3.63, 3.8) is 0 Å². The van der Waals surface area contributed by atoms with Crippen LogP contribution in [0.15, 0.2) is 24.3 Å². The van der Waals surface area contributed by atoms with Gasteiger partial charge in [-0.05, 0) is 30.8 Å². The Balaban J connectivity index is 2.04. The van der Waals surface area contributed by atoms with Gasteiger partial charge in [0.15, 0.2) is 0 Å². The lowest BCUT2D eigenvalue weighted by molar-refractivity contribution is 0.0781. The van der Waals surface area contributed by atoms with E-state index in [9.17, 15) is 13.6 Å². The molecule has 5 heteroatoms. The molecule has 0 bridgehead atoms. The van der Waals surface area contributed by atoms with Crippen LogP contribution in [0.2, 0.25) is 0 Å². The van der Waals surface area contributed by atoms with Crippen molar-refractivity contribution in [2.45, 2.75) is 19.1 Å². The van der Waals surface area contributed by atoms with E-state index >= 15 is 0 Å². The fourth-order valence-electron chi connectivity index (χ4n) is 2.16. The standard InChI is InChI=1S/C13H16F2N2O/c1-2-16-12-8-17(7-11(12)15)13(18)9-3-5-10(14)6-4-9/h3-6,11-12,16H,2,7-8H2,1H3/t11?,12-/m1/s1. The van der Waals surface area contributed by atoms with Crippen LogP contribution in [0.4, 0.5) is 8.78 Å². The Kier molecular flexibility index (Phi) is 3.91. The number of benzene rings is 1. The molecule has 0 saturated carbocycles. The summed E-state index contributed by atoms with van der Waals surface area (Å²) in [5.74, 6) is -0.639. The van der Waals surface area contributed by atoms with E-state index in [2.05, 4.69) is 5.32 Å². The highest BCUT2D eigenvalue weighted by Gasteiger charge is 2.34. The number of hydrogen-bond donors (Lipinski definition) is 1. The molecule has 1 amide bonds. The van der Waals surface area contributed by atoms with Gasteiger partial charge in [-0.3, -0.25) is 4.79 Å². The van der Waals surface area contributed by atoms with Crippen molar-refractivity contribution in [1.82, 2.24) is 10.2 Å². The lowest BCUT2D eigenvalue weighted by atomic mass is 10.2. The molecular weight excluding hydrogens is 238 g/mol. The van der Waals surface area contributed by atoms with Crippen molar-refractivity contribution < 1.29 is 13.6 Å². The SMILES string of the molecule is CCN[C@@H]1CN(C(=O)c2ccc(F)cc2)CC1F. The number of rotatable bonds is 3. The Hall–Kier alpha value is -1.49. The summed E-state index contributed by atoms with van der Waals surface area (Å²) in [4.78, 5) is 13.5. The lowest BCUT2D eigenvalue weighted by Gasteiger charge is -2.16. The van der Waals surface area contributed by atoms with Gasteiger partial charge in [-0.15, -0.1) is 0 Å². The summed E-state index contributed by atoms with van der Waals surface area (Å²) >= 11 is 0. The molecule has 1 aromatic rings. The predicted molar refractivity (Wildman–Crippen MR) is 64.7 cm³/mol. The molecule has 1 saturated heterocycles. The number of alkyl halides is 1. The maximum atomic E-state index is 13.6. The maximum absolute atomic E-state index is 13.6. The highest BCUT2D eigenvalue weighted by Crippen LogP contribution is 2.17. The largest absolute Gasteiger partial charge is 0.334 e. The zero-order valence-corrected chi connectivity index (χ0v) is 10.2. The van der Waals surface area contributed by atoms with Crippen LogP contribution < -0.4 is 5.32 Å². The van der Waals surface area contributed by atoms with Crippen LogP contribution in [0.5, 0.6) is 0 Å². The molecule has 0 aliphatic carbocycles. The number of nitrogens with zero attached hydrogens (tertiary/aromatic N) is 1. The molecule has 18 heavy (non-hydrogen) atoms. The van der Waals surface area contributed by atoms with Gasteiger partial charge in [-0.1, -0.05) is 6.92 Å². The first kappa shape index (κ1) is 13.0. The summed E-state index contributed by atoms with van der Waals surface area (Å²) in [7, 11) is 0. The van der Waals surface area contributed by atoms with Crippen LogP contribution in [0.3, 0.4) is 0 Å².